The minimum Gasteiger partial charge on any atom is -0.355 e. The zero-order valence-electron chi connectivity index (χ0n) is 18.2. The van der Waals surface area contributed by atoms with Gasteiger partial charge < -0.3 is 10.6 Å². The molecule has 1 saturated carbocycles. The molecule has 3 N–H and O–H groups in total. The van der Waals surface area contributed by atoms with Crippen LogP contribution in [0.5, 0.6) is 0 Å². The minimum absolute atomic E-state index is 0.105. The summed E-state index contributed by atoms with van der Waals surface area (Å²) in [5.41, 5.74) is 2.81. The van der Waals surface area contributed by atoms with Gasteiger partial charge in [-0.2, -0.15) is 13.2 Å². The quantitative estimate of drug-likeness (QED) is 0.451. The molecule has 1 unspecified atom stereocenters. The summed E-state index contributed by atoms with van der Waals surface area (Å²) >= 11 is 0. The van der Waals surface area contributed by atoms with Crippen LogP contribution < -0.4 is 16.0 Å². The Kier molecular flexibility index (Phi) is 6.49. The fraction of sp³-hybridized carbons (Fsp3) is 0.250. The van der Waals surface area contributed by atoms with E-state index in [0.29, 0.717) is 17.2 Å². The first kappa shape index (κ1) is 23.2. The maximum atomic E-state index is 12.8. The maximum absolute atomic E-state index is 12.8. The molecule has 0 radical (unpaired) electrons. The van der Waals surface area contributed by atoms with Gasteiger partial charge in [0.15, 0.2) is 0 Å². The van der Waals surface area contributed by atoms with Crippen LogP contribution in [-0.2, 0) is 0 Å². The minimum atomic E-state index is -4.52. The summed E-state index contributed by atoms with van der Waals surface area (Å²) in [5, 5.41) is 7.84. The predicted molar refractivity (Wildman–Crippen MR) is 121 cm³/mol. The van der Waals surface area contributed by atoms with E-state index < -0.39 is 18.1 Å². The number of alkyl halides is 3. The molecule has 1 aliphatic rings. The van der Waals surface area contributed by atoms with Crippen LogP contribution in [0.15, 0.2) is 60.9 Å². The van der Waals surface area contributed by atoms with Gasteiger partial charge in [-0.15, -0.1) is 0 Å². The van der Waals surface area contributed by atoms with E-state index in [-0.39, 0.29) is 17.4 Å². The van der Waals surface area contributed by atoms with Crippen LogP contribution in [0, 0.1) is 0 Å². The van der Waals surface area contributed by atoms with Gasteiger partial charge in [-0.1, -0.05) is 6.07 Å². The number of carbonyl (C=O) groups excluding carboxylic acids is 2. The van der Waals surface area contributed by atoms with Crippen LogP contribution >= 0.6 is 0 Å². The molecule has 10 heteroatoms. The van der Waals surface area contributed by atoms with Crippen molar-refractivity contribution in [2.24, 2.45) is 0 Å². The molecule has 0 spiro atoms. The van der Waals surface area contributed by atoms with E-state index in [4.69, 9.17) is 0 Å². The third-order valence-corrected chi connectivity index (χ3v) is 5.36. The highest BCUT2D eigenvalue weighted by atomic mass is 19.4. The summed E-state index contributed by atoms with van der Waals surface area (Å²) < 4.78 is 38.3. The molecule has 1 aromatic heterocycles. The van der Waals surface area contributed by atoms with Crippen molar-refractivity contribution in [2.45, 2.75) is 37.9 Å². The number of nitrogens with one attached hydrogen (secondary N) is 3. The lowest BCUT2D eigenvalue weighted by Crippen LogP contribution is -2.43. The van der Waals surface area contributed by atoms with E-state index in [2.05, 4.69) is 20.6 Å². The van der Waals surface area contributed by atoms with Crippen LogP contribution in [0.4, 0.5) is 30.5 Å². The first-order valence-electron chi connectivity index (χ1n) is 10.7. The molecule has 176 valence electrons. The number of anilines is 3. The molecule has 1 heterocycles. The number of hydrogen-bond acceptors (Lipinski definition) is 5. The third kappa shape index (κ3) is 5.69. The lowest BCUT2D eigenvalue weighted by molar-refractivity contribution is -0.149. The summed E-state index contributed by atoms with van der Waals surface area (Å²) in [7, 11) is 0. The summed E-state index contributed by atoms with van der Waals surface area (Å²) in [6, 6.07) is 11.2. The van der Waals surface area contributed by atoms with E-state index in [1.165, 1.54) is 24.5 Å². The highest BCUT2D eigenvalue weighted by Gasteiger charge is 2.37. The summed E-state index contributed by atoms with van der Waals surface area (Å²) in [6.45, 7) is 0.892. The average molecular weight is 469 g/mol. The van der Waals surface area contributed by atoms with Crippen molar-refractivity contribution in [3.63, 3.8) is 0 Å². The maximum Gasteiger partial charge on any atom is 0.408 e. The van der Waals surface area contributed by atoms with Crippen LogP contribution in [0.3, 0.4) is 0 Å². The predicted octanol–water partition coefficient (Wildman–Crippen LogP) is 5.03. The summed E-state index contributed by atoms with van der Waals surface area (Å²) in [4.78, 5) is 32.9. The second kappa shape index (κ2) is 9.50. The molecular formula is C24H22F3N5O2. The number of nitrogens with zero attached hydrogens (tertiary/aromatic N) is 2. The molecule has 4 rings (SSSR count). The summed E-state index contributed by atoms with van der Waals surface area (Å²) in [6.07, 6.45) is 0.511. The SMILES string of the molecule is CC(NC(=O)c1cccc(Nc2ccc(C(=O)Nc3ncccn3)cc2C2CC2)c1)C(F)(F)F. The van der Waals surface area contributed by atoms with E-state index in [9.17, 15) is 22.8 Å². The number of halogens is 3. The Morgan fingerprint density at radius 2 is 1.68 bits per heavy atom. The molecule has 0 bridgehead atoms. The van der Waals surface area contributed by atoms with Crippen molar-refractivity contribution < 1.29 is 22.8 Å². The lowest BCUT2D eigenvalue weighted by Gasteiger charge is -2.18. The second-order valence-corrected chi connectivity index (χ2v) is 8.05. The Bertz CT molecular complexity index is 1200. The molecule has 0 aliphatic heterocycles. The number of amides is 2. The monoisotopic (exact) mass is 469 g/mol. The standard InChI is InChI=1S/C24H22F3N5O2/c1-14(24(25,26)27)30-21(33)16-4-2-5-18(12-16)31-20-9-8-17(13-19(20)15-6-7-15)22(34)32-23-28-10-3-11-29-23/h2-5,8-15,31H,6-7H2,1H3,(H,30,33)(H,28,29,32,34). The van der Waals surface area contributed by atoms with Crippen molar-refractivity contribution in [3.8, 4) is 0 Å². The average Bonchev–Trinajstić information content (AvgIpc) is 3.65. The molecule has 1 atom stereocenters. The molecule has 1 fully saturated rings. The van der Waals surface area contributed by atoms with E-state index in [1.54, 1.807) is 36.4 Å². The Morgan fingerprint density at radius 1 is 0.971 bits per heavy atom. The first-order valence-corrected chi connectivity index (χ1v) is 10.7. The molecule has 3 aromatic rings. The van der Waals surface area contributed by atoms with Crippen LogP contribution in [0.2, 0.25) is 0 Å². The van der Waals surface area contributed by atoms with Crippen molar-refractivity contribution in [1.82, 2.24) is 15.3 Å². The van der Waals surface area contributed by atoms with Gasteiger partial charge in [0, 0.05) is 34.9 Å². The summed E-state index contributed by atoms with van der Waals surface area (Å²) in [5.74, 6) is -0.650. The molecule has 34 heavy (non-hydrogen) atoms. The molecule has 2 aromatic carbocycles. The number of rotatable bonds is 7. The van der Waals surface area contributed by atoms with Crippen LogP contribution in [0.1, 0.15) is 52.0 Å². The molecule has 1 aliphatic carbocycles. The van der Waals surface area contributed by atoms with Crippen molar-refractivity contribution >= 4 is 29.1 Å². The van der Waals surface area contributed by atoms with Gasteiger partial charge in [-0.05, 0) is 73.7 Å². The van der Waals surface area contributed by atoms with Crippen molar-refractivity contribution in [1.29, 1.82) is 0 Å². The van der Waals surface area contributed by atoms with Gasteiger partial charge >= 0.3 is 6.18 Å². The van der Waals surface area contributed by atoms with E-state index in [1.807, 2.05) is 5.32 Å². The Labute approximate surface area is 193 Å². The highest BCUT2D eigenvalue weighted by molar-refractivity contribution is 6.04. The zero-order valence-corrected chi connectivity index (χ0v) is 18.2. The first-order chi connectivity index (χ1) is 16.2. The Morgan fingerprint density at radius 3 is 2.35 bits per heavy atom. The Hall–Kier alpha value is -3.95. The number of aromatic nitrogens is 2. The van der Waals surface area contributed by atoms with E-state index >= 15 is 0 Å². The Balaban J connectivity index is 1.51. The smallest absolute Gasteiger partial charge is 0.355 e. The normalized spacial score (nSPS) is 14.2. The van der Waals surface area contributed by atoms with Crippen molar-refractivity contribution in [2.75, 3.05) is 10.6 Å². The number of carbonyl (C=O) groups is 2. The topological polar surface area (TPSA) is 96.0 Å². The largest absolute Gasteiger partial charge is 0.408 e. The molecule has 7 nitrogen and oxygen atoms in total. The van der Waals surface area contributed by atoms with Gasteiger partial charge in [0.05, 0.1) is 0 Å². The number of benzene rings is 2. The third-order valence-electron chi connectivity index (χ3n) is 5.36. The van der Waals surface area contributed by atoms with Crippen LogP contribution in [-0.4, -0.2) is 34.0 Å². The lowest BCUT2D eigenvalue weighted by atomic mass is 10.0. The highest BCUT2D eigenvalue weighted by Crippen LogP contribution is 2.44. The van der Waals surface area contributed by atoms with Gasteiger partial charge in [0.25, 0.3) is 11.8 Å². The van der Waals surface area contributed by atoms with Crippen molar-refractivity contribution in [3.05, 3.63) is 77.6 Å². The fourth-order valence-electron chi connectivity index (χ4n) is 3.34. The van der Waals surface area contributed by atoms with Crippen LogP contribution in [0.25, 0.3) is 0 Å². The second-order valence-electron chi connectivity index (χ2n) is 8.05. The number of hydrogen-bond donors (Lipinski definition) is 3. The zero-order chi connectivity index (χ0) is 24.3. The van der Waals surface area contributed by atoms with E-state index in [0.717, 1.165) is 31.0 Å². The molecule has 0 saturated heterocycles. The van der Waals surface area contributed by atoms with Gasteiger partial charge in [-0.25, -0.2) is 9.97 Å². The van der Waals surface area contributed by atoms with Gasteiger partial charge in [0.2, 0.25) is 5.95 Å². The molecular weight excluding hydrogens is 447 g/mol. The van der Waals surface area contributed by atoms with Gasteiger partial charge in [0.1, 0.15) is 6.04 Å². The molecule has 2 amide bonds. The van der Waals surface area contributed by atoms with Gasteiger partial charge in [-0.3, -0.25) is 14.9 Å². The fourth-order valence-corrected chi connectivity index (χ4v) is 3.34.